The molecule has 0 aliphatic rings. The summed E-state index contributed by atoms with van der Waals surface area (Å²) in [6, 6.07) is 4.46. The first-order valence-electron chi connectivity index (χ1n) is 4.56. The molecule has 1 aromatic rings. The molecule has 0 saturated carbocycles. The van der Waals surface area contributed by atoms with Gasteiger partial charge in [0.05, 0.1) is 4.90 Å². The zero-order valence-electron chi connectivity index (χ0n) is 8.82. The van der Waals surface area contributed by atoms with Gasteiger partial charge in [-0.15, -0.1) is 0 Å². The minimum atomic E-state index is -4.53. The summed E-state index contributed by atoms with van der Waals surface area (Å²) < 4.78 is 75.2. The van der Waals surface area contributed by atoms with Crippen molar-refractivity contribution in [2.24, 2.45) is 0 Å². The van der Waals surface area contributed by atoms with Gasteiger partial charge in [-0.05, 0) is 24.3 Å². The quantitative estimate of drug-likeness (QED) is 0.510. The highest BCUT2D eigenvalue weighted by molar-refractivity contribution is 7.86. The number of nitrogen functional groups attached to an aromatic ring is 1. The molecule has 0 spiro atoms. The summed E-state index contributed by atoms with van der Waals surface area (Å²) in [5, 5.41) is 0. The Hall–Kier alpha value is -1.35. The Morgan fingerprint density at radius 2 is 1.72 bits per heavy atom. The van der Waals surface area contributed by atoms with Gasteiger partial charge in [0.2, 0.25) is 0 Å². The molecule has 1 rings (SSSR count). The Morgan fingerprint density at radius 3 is 2.17 bits per heavy atom. The fraction of sp³-hybridized carbons (Fsp3) is 0.333. The molecule has 0 aliphatic carbocycles. The molecule has 0 heterocycles. The van der Waals surface area contributed by atoms with E-state index in [1.54, 1.807) is 0 Å². The predicted molar refractivity (Wildman–Crippen MR) is 54.9 cm³/mol. The molecule has 1 aromatic carbocycles. The minimum Gasteiger partial charge on any atom is -0.399 e. The summed E-state index contributed by atoms with van der Waals surface area (Å²) in [4.78, 5) is -0.443. The predicted octanol–water partition coefficient (Wildman–Crippen LogP) is 1.87. The Balaban J connectivity index is 2.81. The van der Waals surface area contributed by atoms with E-state index in [4.69, 9.17) is 5.73 Å². The number of rotatable bonds is 5. The maximum Gasteiger partial charge on any atom is 0.331 e. The second kappa shape index (κ2) is 5.11. The maximum absolute atomic E-state index is 12.5. The van der Waals surface area contributed by atoms with Crippen LogP contribution in [0.1, 0.15) is 0 Å². The van der Waals surface area contributed by atoms with E-state index in [-0.39, 0.29) is 5.69 Å². The molecule has 0 fully saturated rings. The van der Waals surface area contributed by atoms with Gasteiger partial charge >= 0.3 is 12.3 Å². The molecule has 18 heavy (non-hydrogen) atoms. The molecular weight excluding hydrogens is 278 g/mol. The van der Waals surface area contributed by atoms with Crippen molar-refractivity contribution in [3.8, 4) is 0 Å². The molecule has 0 aromatic heterocycles. The molecular formula is C9H9F4NO3S. The van der Waals surface area contributed by atoms with Crippen LogP contribution in [0.25, 0.3) is 0 Å². The fourth-order valence-electron chi connectivity index (χ4n) is 0.922. The number of benzene rings is 1. The van der Waals surface area contributed by atoms with Crippen LogP contribution in [0.4, 0.5) is 23.2 Å². The molecule has 0 unspecified atom stereocenters. The van der Waals surface area contributed by atoms with Crippen LogP contribution in [-0.2, 0) is 14.3 Å². The number of nitrogens with two attached hydrogens (primary N) is 1. The minimum absolute atomic E-state index is 0.256. The summed E-state index contributed by atoms with van der Waals surface area (Å²) in [6.07, 6.45) is -4.00. The van der Waals surface area contributed by atoms with E-state index in [0.29, 0.717) is 0 Å². The number of hydrogen-bond acceptors (Lipinski definition) is 4. The van der Waals surface area contributed by atoms with E-state index in [1.807, 2.05) is 0 Å². The summed E-state index contributed by atoms with van der Waals surface area (Å²) >= 11 is 0. The molecule has 0 aliphatic heterocycles. The smallest absolute Gasteiger partial charge is 0.331 e. The maximum atomic E-state index is 12.5. The summed E-state index contributed by atoms with van der Waals surface area (Å²) in [6.45, 7) is -1.92. The lowest BCUT2D eigenvalue weighted by Gasteiger charge is -2.14. The molecule has 0 saturated heterocycles. The zero-order valence-corrected chi connectivity index (χ0v) is 9.63. The summed E-state index contributed by atoms with van der Waals surface area (Å²) in [7, 11) is -4.51. The van der Waals surface area contributed by atoms with Crippen LogP contribution in [-0.4, -0.2) is 27.4 Å². The van der Waals surface area contributed by atoms with Crippen molar-refractivity contribution in [1.82, 2.24) is 0 Å². The van der Waals surface area contributed by atoms with E-state index in [9.17, 15) is 26.0 Å². The number of halogens is 4. The SMILES string of the molecule is Nc1ccc(S(=O)(=O)OCC(F)(F)C(F)F)cc1. The van der Waals surface area contributed by atoms with Gasteiger partial charge in [-0.2, -0.15) is 17.2 Å². The van der Waals surface area contributed by atoms with Gasteiger partial charge in [0.1, 0.15) is 6.61 Å². The first kappa shape index (κ1) is 14.7. The average Bonchev–Trinajstić information content (AvgIpc) is 2.27. The highest BCUT2D eigenvalue weighted by atomic mass is 32.2. The Morgan fingerprint density at radius 1 is 1.22 bits per heavy atom. The van der Waals surface area contributed by atoms with Gasteiger partial charge in [-0.1, -0.05) is 0 Å². The summed E-state index contributed by atoms with van der Waals surface area (Å²) in [5.41, 5.74) is 5.55. The van der Waals surface area contributed by atoms with Gasteiger partial charge in [0, 0.05) is 5.69 Å². The third-order valence-electron chi connectivity index (χ3n) is 1.89. The van der Waals surface area contributed by atoms with Crippen LogP contribution < -0.4 is 5.73 Å². The first-order chi connectivity index (χ1) is 8.15. The third kappa shape index (κ3) is 3.57. The van der Waals surface area contributed by atoms with Crippen LogP contribution in [0.3, 0.4) is 0 Å². The van der Waals surface area contributed by atoms with Crippen LogP contribution >= 0.6 is 0 Å². The standard InChI is InChI=1S/C9H9F4NO3S/c10-8(11)9(12,13)5-17-18(15,16)7-3-1-6(14)2-4-7/h1-4,8H,5,14H2. The van der Waals surface area contributed by atoms with Crippen molar-refractivity contribution in [1.29, 1.82) is 0 Å². The van der Waals surface area contributed by atoms with Crippen molar-refractivity contribution in [3.63, 3.8) is 0 Å². The topological polar surface area (TPSA) is 69.4 Å². The van der Waals surface area contributed by atoms with E-state index in [0.717, 1.165) is 12.1 Å². The van der Waals surface area contributed by atoms with Crippen LogP contribution in [0.15, 0.2) is 29.2 Å². The third-order valence-corrected chi connectivity index (χ3v) is 3.17. The molecule has 9 heteroatoms. The van der Waals surface area contributed by atoms with Crippen molar-refractivity contribution >= 4 is 15.8 Å². The average molecular weight is 287 g/mol. The monoisotopic (exact) mass is 287 g/mol. The lowest BCUT2D eigenvalue weighted by atomic mass is 10.3. The second-order valence-corrected chi connectivity index (χ2v) is 4.96. The van der Waals surface area contributed by atoms with Crippen molar-refractivity contribution in [2.45, 2.75) is 17.2 Å². The first-order valence-corrected chi connectivity index (χ1v) is 5.97. The largest absolute Gasteiger partial charge is 0.399 e. The molecule has 102 valence electrons. The van der Waals surface area contributed by atoms with E-state index >= 15 is 0 Å². The number of anilines is 1. The summed E-state index contributed by atoms with van der Waals surface area (Å²) in [5.74, 6) is -4.53. The van der Waals surface area contributed by atoms with Gasteiger partial charge in [-0.25, -0.2) is 8.78 Å². The van der Waals surface area contributed by atoms with Crippen LogP contribution in [0.5, 0.6) is 0 Å². The highest BCUT2D eigenvalue weighted by Crippen LogP contribution is 2.25. The van der Waals surface area contributed by atoms with E-state index in [1.165, 1.54) is 12.1 Å². The molecule has 0 amide bonds. The normalized spacial score (nSPS) is 12.9. The van der Waals surface area contributed by atoms with Crippen molar-refractivity contribution in [2.75, 3.05) is 12.3 Å². The van der Waals surface area contributed by atoms with Crippen LogP contribution in [0.2, 0.25) is 0 Å². The number of alkyl halides is 4. The van der Waals surface area contributed by atoms with Gasteiger partial charge < -0.3 is 5.73 Å². The molecule has 0 bridgehead atoms. The molecule has 0 radical (unpaired) electrons. The van der Waals surface area contributed by atoms with Gasteiger partial charge in [0.25, 0.3) is 10.1 Å². The van der Waals surface area contributed by atoms with Crippen molar-refractivity contribution < 1.29 is 30.2 Å². The van der Waals surface area contributed by atoms with Crippen molar-refractivity contribution in [3.05, 3.63) is 24.3 Å². The second-order valence-electron chi connectivity index (χ2n) is 3.35. The van der Waals surface area contributed by atoms with Gasteiger partial charge in [-0.3, -0.25) is 4.18 Å². The van der Waals surface area contributed by atoms with E-state index < -0.39 is 34.0 Å². The Labute approximate surface area is 100 Å². The molecule has 2 N–H and O–H groups in total. The molecule has 4 nitrogen and oxygen atoms in total. The van der Waals surface area contributed by atoms with Crippen LogP contribution in [0, 0.1) is 0 Å². The highest BCUT2D eigenvalue weighted by Gasteiger charge is 2.42. The van der Waals surface area contributed by atoms with E-state index in [2.05, 4.69) is 4.18 Å². The molecule has 0 atom stereocenters. The lowest BCUT2D eigenvalue weighted by molar-refractivity contribution is -0.147. The zero-order chi connectivity index (χ0) is 14.0. The Kier molecular flexibility index (Phi) is 4.17. The van der Waals surface area contributed by atoms with Gasteiger partial charge in [0.15, 0.2) is 0 Å². The fourth-order valence-corrected chi connectivity index (χ4v) is 1.84. The Bertz CT molecular complexity index is 501. The number of hydrogen-bond donors (Lipinski definition) is 1. The lowest BCUT2D eigenvalue weighted by Crippen LogP contribution is -2.33.